The van der Waals surface area contributed by atoms with Crippen LogP contribution in [0.3, 0.4) is 0 Å². The van der Waals surface area contributed by atoms with Crippen LogP contribution in [0.5, 0.6) is 0 Å². The maximum Gasteiger partial charge on any atom is 0.243 e. The van der Waals surface area contributed by atoms with Crippen molar-refractivity contribution in [2.75, 3.05) is 0 Å². The van der Waals surface area contributed by atoms with Crippen LogP contribution < -0.4 is 5.32 Å². The van der Waals surface area contributed by atoms with E-state index in [9.17, 15) is 14.0 Å². The summed E-state index contributed by atoms with van der Waals surface area (Å²) >= 11 is 0. The van der Waals surface area contributed by atoms with E-state index in [1.165, 1.54) is 18.6 Å². The molecule has 1 aliphatic rings. The van der Waals surface area contributed by atoms with Crippen molar-refractivity contribution < 1.29 is 14.0 Å². The normalized spacial score (nSPS) is 16.3. The van der Waals surface area contributed by atoms with Crippen molar-refractivity contribution in [3.63, 3.8) is 0 Å². The number of amides is 2. The summed E-state index contributed by atoms with van der Waals surface area (Å²) < 4.78 is 13.1. The highest BCUT2D eigenvalue weighted by Gasteiger charge is 2.29. The Morgan fingerprint density at radius 3 is 2.36 bits per heavy atom. The van der Waals surface area contributed by atoms with E-state index in [-0.39, 0.29) is 23.7 Å². The molecule has 0 heterocycles. The van der Waals surface area contributed by atoms with Gasteiger partial charge in [-0.2, -0.15) is 0 Å². The number of carbonyl (C=O) groups is 2. The van der Waals surface area contributed by atoms with Crippen LogP contribution in [0.1, 0.15) is 64.4 Å². The fraction of sp³-hybridized carbons (Fsp3) is 0.600. The van der Waals surface area contributed by atoms with Crippen molar-refractivity contribution in [2.24, 2.45) is 0 Å². The maximum absolute atomic E-state index is 13.1. The van der Waals surface area contributed by atoms with Crippen LogP contribution in [0.4, 0.5) is 4.39 Å². The van der Waals surface area contributed by atoms with E-state index in [4.69, 9.17) is 0 Å². The van der Waals surface area contributed by atoms with Gasteiger partial charge in [-0.3, -0.25) is 9.59 Å². The highest BCUT2D eigenvalue weighted by Crippen LogP contribution is 2.19. The van der Waals surface area contributed by atoms with Crippen molar-refractivity contribution in [1.29, 1.82) is 0 Å². The summed E-state index contributed by atoms with van der Waals surface area (Å²) in [6.07, 6.45) is 6.46. The van der Waals surface area contributed by atoms with Crippen molar-refractivity contribution in [3.8, 4) is 0 Å². The van der Waals surface area contributed by atoms with E-state index in [2.05, 4.69) is 5.32 Å². The van der Waals surface area contributed by atoms with Gasteiger partial charge in [-0.1, -0.05) is 45.2 Å². The molecule has 0 radical (unpaired) electrons. The van der Waals surface area contributed by atoms with E-state index in [1.807, 2.05) is 6.92 Å². The maximum atomic E-state index is 13.1. The van der Waals surface area contributed by atoms with E-state index >= 15 is 0 Å². The Morgan fingerprint density at radius 1 is 1.16 bits per heavy atom. The van der Waals surface area contributed by atoms with Gasteiger partial charge in [-0.25, -0.2) is 4.39 Å². The molecule has 0 aliphatic heterocycles. The number of carbonyl (C=O) groups excluding carboxylic acids is 2. The number of hydrogen-bond donors (Lipinski definition) is 1. The topological polar surface area (TPSA) is 49.4 Å². The lowest BCUT2D eigenvalue weighted by atomic mass is 9.95. The first-order chi connectivity index (χ1) is 12.0. The predicted octanol–water partition coefficient (Wildman–Crippen LogP) is 3.79. The Bertz CT molecular complexity index is 568. The summed E-state index contributed by atoms with van der Waals surface area (Å²) in [5.74, 6) is -0.438. The Kier molecular flexibility index (Phi) is 7.41. The summed E-state index contributed by atoms with van der Waals surface area (Å²) in [4.78, 5) is 26.9. The zero-order chi connectivity index (χ0) is 18.2. The Hall–Kier alpha value is -1.91. The van der Waals surface area contributed by atoms with Gasteiger partial charge in [-0.15, -0.1) is 0 Å². The number of nitrogens with one attached hydrogen (secondary N) is 1. The lowest BCUT2D eigenvalue weighted by Crippen LogP contribution is -2.51. The van der Waals surface area contributed by atoms with Gasteiger partial charge in [0.1, 0.15) is 11.9 Å². The van der Waals surface area contributed by atoms with Crippen LogP contribution in [0.2, 0.25) is 0 Å². The molecular formula is C20H29FN2O2. The fourth-order valence-electron chi connectivity index (χ4n) is 3.45. The molecule has 4 nitrogen and oxygen atoms in total. The van der Waals surface area contributed by atoms with Crippen molar-refractivity contribution in [1.82, 2.24) is 10.2 Å². The molecule has 1 aliphatic carbocycles. The first kappa shape index (κ1) is 19.4. The minimum absolute atomic E-state index is 0.0602. The summed E-state index contributed by atoms with van der Waals surface area (Å²) in [6, 6.07) is 5.83. The lowest BCUT2D eigenvalue weighted by Gasteiger charge is -2.32. The number of hydrogen-bond acceptors (Lipinski definition) is 2. The van der Waals surface area contributed by atoms with E-state index in [1.54, 1.807) is 24.0 Å². The molecule has 5 heteroatoms. The summed E-state index contributed by atoms with van der Waals surface area (Å²) in [6.45, 7) is 4.04. The van der Waals surface area contributed by atoms with Crippen molar-refractivity contribution >= 4 is 11.8 Å². The molecule has 2 amide bonds. The van der Waals surface area contributed by atoms with Gasteiger partial charge in [0, 0.05) is 19.0 Å². The van der Waals surface area contributed by atoms with Crippen LogP contribution in [0, 0.1) is 5.82 Å². The van der Waals surface area contributed by atoms with Crippen LogP contribution >= 0.6 is 0 Å². The second kappa shape index (κ2) is 9.54. The molecule has 138 valence electrons. The number of benzene rings is 1. The molecule has 0 saturated heterocycles. The standard InChI is InChI=1S/C20H29FN2O2/c1-3-18(20(25)22-17-8-6-5-7-9-17)23(19(24)4-2)14-15-10-12-16(21)13-11-15/h10-13,17-18H,3-9,14H2,1-2H3,(H,22,25)/t18-/m1/s1. The SMILES string of the molecule is CCC(=O)N(Cc1ccc(F)cc1)[C@H](CC)C(=O)NC1CCCCC1. The van der Waals surface area contributed by atoms with Crippen molar-refractivity contribution in [3.05, 3.63) is 35.6 Å². The molecule has 1 N–H and O–H groups in total. The first-order valence-electron chi connectivity index (χ1n) is 9.39. The Morgan fingerprint density at radius 2 is 1.80 bits per heavy atom. The molecule has 0 unspecified atom stereocenters. The largest absolute Gasteiger partial charge is 0.352 e. The second-order valence-corrected chi connectivity index (χ2v) is 6.77. The molecule has 25 heavy (non-hydrogen) atoms. The summed E-state index contributed by atoms with van der Waals surface area (Å²) in [5, 5.41) is 3.13. The minimum atomic E-state index is -0.487. The van der Waals surface area contributed by atoms with E-state index < -0.39 is 6.04 Å². The zero-order valence-electron chi connectivity index (χ0n) is 15.3. The van der Waals surface area contributed by atoms with Gasteiger partial charge in [0.15, 0.2) is 0 Å². The third-order valence-corrected chi connectivity index (χ3v) is 4.91. The quantitative estimate of drug-likeness (QED) is 0.815. The van der Waals surface area contributed by atoms with Gasteiger partial charge in [-0.05, 0) is 37.0 Å². The number of nitrogens with zero attached hydrogens (tertiary/aromatic N) is 1. The Balaban J connectivity index is 2.10. The fourth-order valence-corrected chi connectivity index (χ4v) is 3.45. The monoisotopic (exact) mass is 348 g/mol. The molecular weight excluding hydrogens is 319 g/mol. The van der Waals surface area contributed by atoms with Gasteiger partial charge < -0.3 is 10.2 Å². The summed E-state index contributed by atoms with van der Waals surface area (Å²) in [5.41, 5.74) is 0.826. The van der Waals surface area contributed by atoms with Crippen LogP contribution in [0.15, 0.2) is 24.3 Å². The molecule has 2 rings (SSSR count). The molecule has 1 aromatic rings. The number of halogens is 1. The molecule has 0 spiro atoms. The zero-order valence-corrected chi connectivity index (χ0v) is 15.3. The average Bonchev–Trinajstić information content (AvgIpc) is 2.63. The number of rotatable bonds is 7. The van der Waals surface area contributed by atoms with E-state index in [0.717, 1.165) is 31.2 Å². The van der Waals surface area contributed by atoms with Gasteiger partial charge in [0.2, 0.25) is 11.8 Å². The molecule has 1 atom stereocenters. The van der Waals surface area contributed by atoms with Gasteiger partial charge in [0.05, 0.1) is 0 Å². The second-order valence-electron chi connectivity index (χ2n) is 6.77. The first-order valence-corrected chi connectivity index (χ1v) is 9.39. The third kappa shape index (κ3) is 5.55. The third-order valence-electron chi connectivity index (χ3n) is 4.91. The molecule has 0 bridgehead atoms. The molecule has 0 aromatic heterocycles. The smallest absolute Gasteiger partial charge is 0.243 e. The Labute approximate surface area is 149 Å². The van der Waals surface area contributed by atoms with Gasteiger partial charge in [0.25, 0.3) is 0 Å². The van der Waals surface area contributed by atoms with Crippen LogP contribution in [0.25, 0.3) is 0 Å². The highest BCUT2D eigenvalue weighted by atomic mass is 19.1. The minimum Gasteiger partial charge on any atom is -0.352 e. The summed E-state index contributed by atoms with van der Waals surface area (Å²) in [7, 11) is 0. The molecule has 1 fully saturated rings. The lowest BCUT2D eigenvalue weighted by molar-refractivity contribution is -0.141. The van der Waals surface area contributed by atoms with Crippen molar-refractivity contribution in [2.45, 2.75) is 77.4 Å². The van der Waals surface area contributed by atoms with Gasteiger partial charge >= 0.3 is 0 Å². The predicted molar refractivity (Wildman–Crippen MR) is 96.3 cm³/mol. The average molecular weight is 348 g/mol. The van der Waals surface area contributed by atoms with Crippen LogP contribution in [-0.2, 0) is 16.1 Å². The van der Waals surface area contributed by atoms with Crippen LogP contribution in [-0.4, -0.2) is 28.8 Å². The highest BCUT2D eigenvalue weighted by molar-refractivity contribution is 5.87. The van der Waals surface area contributed by atoms with E-state index in [0.29, 0.717) is 19.4 Å². The molecule has 1 saturated carbocycles. The molecule has 1 aromatic carbocycles.